The summed E-state index contributed by atoms with van der Waals surface area (Å²) in [6.45, 7) is 4.82. The van der Waals surface area contributed by atoms with Crippen LogP contribution in [0.5, 0.6) is 0 Å². The van der Waals surface area contributed by atoms with Crippen LogP contribution in [0.1, 0.15) is 61.8 Å². The Balaban J connectivity index is 1.08. The zero-order valence-electron chi connectivity index (χ0n) is 34.8. The highest BCUT2D eigenvalue weighted by Crippen LogP contribution is 2.66. The third-order valence-corrected chi connectivity index (χ3v) is 15.5. The predicted octanol–water partition coefficient (Wildman–Crippen LogP) is 16.2. The Kier molecular flexibility index (Phi) is 7.42. The fourth-order valence-corrected chi connectivity index (χ4v) is 13.1. The minimum absolute atomic E-state index is 0.0717. The number of fused-ring (bicyclic) bond motifs is 14. The topological polar surface area (TPSA) is 3.24 Å². The fraction of sp³-hybridized carbons (Fsp3) is 0.167. The van der Waals surface area contributed by atoms with Gasteiger partial charge in [0.15, 0.2) is 0 Å². The normalized spacial score (nSPS) is 19.9. The smallest absolute Gasteiger partial charge is 0.0540 e. The van der Waals surface area contributed by atoms with Gasteiger partial charge >= 0.3 is 0 Å². The largest absolute Gasteiger partial charge is 0.309 e. The van der Waals surface area contributed by atoms with E-state index >= 15 is 0 Å². The lowest BCUT2D eigenvalue weighted by Gasteiger charge is -2.37. The van der Waals surface area contributed by atoms with Crippen LogP contribution in [-0.2, 0) is 10.8 Å². The molecule has 4 aliphatic rings. The number of nitrogens with zero attached hydrogens (tertiary/aromatic N) is 1. The van der Waals surface area contributed by atoms with Gasteiger partial charge in [0.25, 0.3) is 0 Å². The number of para-hydroxylation sites is 2. The molecule has 0 aliphatic heterocycles. The van der Waals surface area contributed by atoms with Crippen LogP contribution in [-0.4, -0.2) is 0 Å². The Labute approximate surface area is 359 Å². The first-order valence-corrected chi connectivity index (χ1v) is 22.4. The van der Waals surface area contributed by atoms with Gasteiger partial charge in [0.1, 0.15) is 0 Å². The third kappa shape index (κ3) is 4.84. The molecule has 9 aromatic carbocycles. The van der Waals surface area contributed by atoms with E-state index in [1.165, 1.54) is 125 Å². The molecule has 4 aliphatic carbocycles. The number of anilines is 3. The average Bonchev–Trinajstić information content (AvgIpc) is 4.06. The fourth-order valence-electron chi connectivity index (χ4n) is 13.1. The average molecular weight is 782 g/mol. The van der Waals surface area contributed by atoms with E-state index in [1.807, 2.05) is 0 Å². The molecule has 0 N–H and O–H groups in total. The Morgan fingerprint density at radius 1 is 0.426 bits per heavy atom. The van der Waals surface area contributed by atoms with Crippen LogP contribution in [0.4, 0.5) is 17.1 Å². The lowest BCUT2D eigenvalue weighted by molar-refractivity contribution is 0.327. The summed E-state index contributed by atoms with van der Waals surface area (Å²) >= 11 is 0. The van der Waals surface area contributed by atoms with Crippen molar-refractivity contribution in [3.63, 3.8) is 0 Å². The van der Waals surface area contributed by atoms with Gasteiger partial charge in [-0.3, -0.25) is 0 Å². The van der Waals surface area contributed by atoms with Crippen molar-refractivity contribution in [2.24, 2.45) is 11.8 Å². The van der Waals surface area contributed by atoms with Crippen molar-refractivity contribution < 1.29 is 0 Å². The molecule has 1 spiro atoms. The summed E-state index contributed by atoms with van der Waals surface area (Å²) in [5.74, 6) is 1.49. The lowest BCUT2D eigenvalue weighted by atomic mass is 9.67. The Morgan fingerprint density at radius 3 is 1.75 bits per heavy atom. The van der Waals surface area contributed by atoms with Crippen LogP contribution in [0, 0.1) is 11.8 Å². The van der Waals surface area contributed by atoms with Gasteiger partial charge in [-0.2, -0.15) is 0 Å². The van der Waals surface area contributed by atoms with Crippen molar-refractivity contribution >= 4 is 38.6 Å². The SMILES string of the molecule is CC1(C)c2ccccc2-c2cccc(-c3ccccc3N(c3ccc4c(c3)C3(CC5CCC3C5)c3ccccc3-4)c3ccccc3-c3cccc4c3ccc3ccccc34)c21. The van der Waals surface area contributed by atoms with Crippen LogP contribution in [0.25, 0.3) is 66.1 Å². The van der Waals surface area contributed by atoms with Crippen LogP contribution >= 0.6 is 0 Å². The highest BCUT2D eigenvalue weighted by Gasteiger charge is 2.56. The van der Waals surface area contributed by atoms with Gasteiger partial charge in [0.05, 0.1) is 11.4 Å². The zero-order chi connectivity index (χ0) is 40.5. The van der Waals surface area contributed by atoms with Crippen molar-refractivity contribution in [3.05, 3.63) is 210 Å². The van der Waals surface area contributed by atoms with Crippen molar-refractivity contribution in [1.82, 2.24) is 0 Å². The number of hydrogen-bond acceptors (Lipinski definition) is 1. The van der Waals surface area contributed by atoms with E-state index in [9.17, 15) is 0 Å². The molecular formula is C60H47N. The molecule has 2 bridgehead atoms. The quantitative estimate of drug-likeness (QED) is 0.157. The van der Waals surface area contributed by atoms with Crippen molar-refractivity contribution in [2.75, 3.05) is 4.90 Å². The van der Waals surface area contributed by atoms with E-state index in [0.29, 0.717) is 5.92 Å². The van der Waals surface area contributed by atoms with Gasteiger partial charge in [-0.05, 0) is 133 Å². The zero-order valence-corrected chi connectivity index (χ0v) is 34.8. The van der Waals surface area contributed by atoms with Gasteiger partial charge in [-0.1, -0.05) is 184 Å². The minimum atomic E-state index is -0.155. The second-order valence-electron chi connectivity index (χ2n) is 18.8. The Hall–Kier alpha value is -6.70. The van der Waals surface area contributed by atoms with Gasteiger partial charge in [0, 0.05) is 27.6 Å². The maximum atomic E-state index is 2.62. The molecule has 292 valence electrons. The van der Waals surface area contributed by atoms with E-state index in [2.05, 4.69) is 207 Å². The van der Waals surface area contributed by atoms with Crippen molar-refractivity contribution in [1.29, 1.82) is 0 Å². The maximum absolute atomic E-state index is 2.62. The first-order chi connectivity index (χ1) is 30.0. The molecule has 0 radical (unpaired) electrons. The van der Waals surface area contributed by atoms with Crippen molar-refractivity contribution in [2.45, 2.75) is 50.4 Å². The molecule has 0 aromatic heterocycles. The standard InChI is InChI=1S/C60H47N/c1-59(2)53-25-9-5-18-47(53)51-23-14-24-52(58(51)59)50-20-8-12-28-57(50)61(41-32-34-48-46-17-6-10-26-54(46)60(55(48)36-41)37-38-29-31-40(60)35-38)56-27-11-7-19-49(56)44-22-13-21-43-42-16-4-3-15-39(42)30-33-45(43)44/h3-28,30,32-34,36,38,40H,29,31,35,37H2,1-2H3. The molecule has 0 heterocycles. The van der Waals surface area contributed by atoms with Gasteiger partial charge in [-0.25, -0.2) is 0 Å². The van der Waals surface area contributed by atoms with E-state index in [0.717, 1.165) is 5.92 Å². The molecule has 9 aromatic rings. The second-order valence-corrected chi connectivity index (χ2v) is 18.8. The highest BCUT2D eigenvalue weighted by molar-refractivity contribution is 6.13. The Bertz CT molecular complexity index is 3280. The van der Waals surface area contributed by atoms with Crippen LogP contribution < -0.4 is 4.90 Å². The van der Waals surface area contributed by atoms with E-state index in [1.54, 1.807) is 5.56 Å². The van der Waals surface area contributed by atoms with Crippen molar-refractivity contribution in [3.8, 4) is 44.5 Å². The summed E-state index contributed by atoms with van der Waals surface area (Å²) < 4.78 is 0. The summed E-state index contributed by atoms with van der Waals surface area (Å²) in [4.78, 5) is 2.61. The number of rotatable bonds is 5. The molecular weight excluding hydrogens is 735 g/mol. The van der Waals surface area contributed by atoms with Crippen LogP contribution in [0.2, 0.25) is 0 Å². The first-order valence-electron chi connectivity index (χ1n) is 22.4. The molecule has 1 nitrogen and oxygen atoms in total. The summed E-state index contributed by atoms with van der Waals surface area (Å²) in [7, 11) is 0. The van der Waals surface area contributed by atoms with Gasteiger partial charge in [0.2, 0.25) is 0 Å². The molecule has 0 saturated heterocycles. The second kappa shape index (κ2) is 12.9. The first kappa shape index (κ1) is 35.1. The maximum Gasteiger partial charge on any atom is 0.0540 e. The summed E-state index contributed by atoms with van der Waals surface area (Å²) in [5, 5.41) is 5.11. The molecule has 61 heavy (non-hydrogen) atoms. The van der Waals surface area contributed by atoms with Crippen LogP contribution in [0.3, 0.4) is 0 Å². The van der Waals surface area contributed by atoms with E-state index in [4.69, 9.17) is 0 Å². The molecule has 3 unspecified atom stereocenters. The molecule has 3 atom stereocenters. The highest BCUT2D eigenvalue weighted by atomic mass is 15.1. The van der Waals surface area contributed by atoms with E-state index < -0.39 is 0 Å². The molecule has 0 amide bonds. The lowest BCUT2D eigenvalue weighted by Crippen LogP contribution is -2.32. The minimum Gasteiger partial charge on any atom is -0.309 e. The van der Waals surface area contributed by atoms with E-state index in [-0.39, 0.29) is 10.8 Å². The molecule has 2 saturated carbocycles. The monoisotopic (exact) mass is 781 g/mol. The Morgan fingerprint density at radius 2 is 1.00 bits per heavy atom. The van der Waals surface area contributed by atoms with Gasteiger partial charge < -0.3 is 4.90 Å². The third-order valence-electron chi connectivity index (χ3n) is 15.5. The molecule has 1 heteroatoms. The number of hydrogen-bond donors (Lipinski definition) is 0. The van der Waals surface area contributed by atoms with Crippen LogP contribution in [0.15, 0.2) is 188 Å². The van der Waals surface area contributed by atoms with Gasteiger partial charge in [-0.15, -0.1) is 0 Å². The predicted molar refractivity (Wildman–Crippen MR) is 256 cm³/mol. The molecule has 2 fully saturated rings. The molecule has 13 rings (SSSR count). The summed E-state index contributed by atoms with van der Waals surface area (Å²) in [5.41, 5.74) is 20.0. The number of benzene rings is 9. The summed E-state index contributed by atoms with van der Waals surface area (Å²) in [6, 6.07) is 71.5. The summed E-state index contributed by atoms with van der Waals surface area (Å²) in [6.07, 6.45) is 5.30.